The van der Waals surface area contributed by atoms with E-state index >= 15 is 0 Å². The molecule has 1 N–H and O–H groups in total. The predicted octanol–water partition coefficient (Wildman–Crippen LogP) is 5.17. The van der Waals surface area contributed by atoms with Crippen LogP contribution in [0.4, 0.5) is 0 Å². The molecule has 0 heterocycles. The third-order valence-corrected chi connectivity index (χ3v) is 4.53. The highest BCUT2D eigenvalue weighted by Gasteiger charge is 2.14. The summed E-state index contributed by atoms with van der Waals surface area (Å²) in [6, 6.07) is 13.8. The topological polar surface area (TPSA) is 38.3 Å². The molecule has 0 radical (unpaired) electrons. The monoisotopic (exact) mass is 439 g/mol. The molecule has 1 amide bonds. The van der Waals surface area contributed by atoms with Crippen LogP contribution in [-0.2, 0) is 4.79 Å². The van der Waals surface area contributed by atoms with Gasteiger partial charge in [0.15, 0.2) is 6.61 Å². The third-order valence-electron chi connectivity index (χ3n) is 3.49. The molecule has 0 saturated heterocycles. The zero-order valence-corrected chi connectivity index (χ0v) is 16.3. The lowest BCUT2D eigenvalue weighted by Gasteiger charge is -2.18. The molecule has 2 rings (SSSR count). The molecule has 0 aliphatic carbocycles. The number of ether oxygens (including phenoxy) is 1. The first-order chi connectivity index (χ1) is 11.0. The number of aryl methyl sites for hydroxylation is 1. The number of halogens is 2. The van der Waals surface area contributed by atoms with Crippen molar-refractivity contribution in [1.29, 1.82) is 0 Å². The highest BCUT2D eigenvalue weighted by Crippen LogP contribution is 2.32. The van der Waals surface area contributed by atoms with Gasteiger partial charge in [-0.2, -0.15) is 0 Å². The normalized spacial score (nSPS) is 11.8. The zero-order valence-electron chi connectivity index (χ0n) is 13.1. The molecule has 0 spiro atoms. The van der Waals surface area contributed by atoms with Gasteiger partial charge in [-0.1, -0.05) is 53.2 Å². The zero-order chi connectivity index (χ0) is 16.8. The second-order valence-electron chi connectivity index (χ2n) is 5.26. The number of carbonyl (C=O) groups is 1. The molecule has 5 heteroatoms. The van der Waals surface area contributed by atoms with Crippen molar-refractivity contribution < 1.29 is 9.53 Å². The van der Waals surface area contributed by atoms with Crippen LogP contribution in [0, 0.1) is 6.92 Å². The summed E-state index contributed by atoms with van der Waals surface area (Å²) < 4.78 is 7.48. The minimum absolute atomic E-state index is 0.00163. The van der Waals surface area contributed by atoms with Gasteiger partial charge in [0.1, 0.15) is 5.75 Å². The van der Waals surface area contributed by atoms with Gasteiger partial charge < -0.3 is 10.1 Å². The number of benzene rings is 2. The quantitative estimate of drug-likeness (QED) is 0.673. The maximum Gasteiger partial charge on any atom is 0.258 e. The second kappa shape index (κ2) is 8.50. The van der Waals surface area contributed by atoms with Gasteiger partial charge in [0.05, 0.1) is 10.5 Å². The number of hydrogen-bond donors (Lipinski definition) is 1. The Morgan fingerprint density at radius 3 is 2.52 bits per heavy atom. The smallest absolute Gasteiger partial charge is 0.258 e. The maximum atomic E-state index is 12.2. The van der Waals surface area contributed by atoms with Gasteiger partial charge in [-0.25, -0.2) is 0 Å². The van der Waals surface area contributed by atoms with E-state index in [9.17, 15) is 4.79 Å². The van der Waals surface area contributed by atoms with E-state index < -0.39 is 0 Å². The van der Waals surface area contributed by atoms with Crippen LogP contribution >= 0.6 is 31.9 Å². The molecule has 0 aromatic heterocycles. The average molecular weight is 441 g/mol. The van der Waals surface area contributed by atoms with Crippen LogP contribution in [-0.4, -0.2) is 12.5 Å². The number of amides is 1. The molecule has 23 heavy (non-hydrogen) atoms. The Balaban J connectivity index is 1.97. The first kappa shape index (κ1) is 18.0. The average Bonchev–Trinajstić information content (AvgIpc) is 2.52. The van der Waals surface area contributed by atoms with E-state index in [2.05, 4.69) is 37.2 Å². The highest BCUT2D eigenvalue weighted by atomic mass is 79.9. The Morgan fingerprint density at radius 2 is 1.91 bits per heavy atom. The van der Waals surface area contributed by atoms with E-state index in [-0.39, 0.29) is 18.6 Å². The summed E-state index contributed by atoms with van der Waals surface area (Å²) in [6.07, 6.45) is 0.830. The Labute approximate surface area is 153 Å². The molecule has 1 unspecified atom stereocenters. The van der Waals surface area contributed by atoms with Gasteiger partial charge in [-0.3, -0.25) is 4.79 Å². The number of nitrogens with one attached hydrogen (secondary N) is 1. The third kappa shape index (κ3) is 5.08. The number of carbonyl (C=O) groups excluding carboxylic acids is 1. The summed E-state index contributed by atoms with van der Waals surface area (Å²) in [5.74, 6) is 0.561. The molecular weight excluding hydrogens is 422 g/mol. The molecular formula is C18H19Br2NO2. The lowest BCUT2D eigenvalue weighted by molar-refractivity contribution is -0.123. The van der Waals surface area contributed by atoms with Gasteiger partial charge in [0, 0.05) is 4.47 Å². The molecule has 0 aliphatic heterocycles. The van der Waals surface area contributed by atoms with Crippen LogP contribution < -0.4 is 10.1 Å². The van der Waals surface area contributed by atoms with Crippen LogP contribution in [0.15, 0.2) is 51.4 Å². The van der Waals surface area contributed by atoms with E-state index in [1.807, 2.05) is 56.3 Å². The largest absolute Gasteiger partial charge is 0.482 e. The van der Waals surface area contributed by atoms with Gasteiger partial charge >= 0.3 is 0 Å². The molecule has 0 aliphatic rings. The van der Waals surface area contributed by atoms with Crippen molar-refractivity contribution in [1.82, 2.24) is 5.32 Å². The fourth-order valence-electron chi connectivity index (χ4n) is 2.35. The van der Waals surface area contributed by atoms with Crippen molar-refractivity contribution in [2.75, 3.05) is 6.61 Å². The molecule has 2 aromatic rings. The van der Waals surface area contributed by atoms with Crippen LogP contribution in [0.1, 0.15) is 30.5 Å². The highest BCUT2D eigenvalue weighted by molar-refractivity contribution is 9.11. The van der Waals surface area contributed by atoms with Crippen LogP contribution in [0.2, 0.25) is 0 Å². The Kier molecular flexibility index (Phi) is 6.66. The summed E-state index contributed by atoms with van der Waals surface area (Å²) in [7, 11) is 0. The van der Waals surface area contributed by atoms with Crippen LogP contribution in [0.3, 0.4) is 0 Å². The SMILES string of the molecule is CCC(NC(=O)COc1c(C)cc(Br)cc1Br)c1ccccc1. The summed E-state index contributed by atoms with van der Waals surface area (Å²) in [5.41, 5.74) is 2.07. The summed E-state index contributed by atoms with van der Waals surface area (Å²) in [4.78, 5) is 12.2. The second-order valence-corrected chi connectivity index (χ2v) is 7.03. The van der Waals surface area contributed by atoms with E-state index in [1.165, 1.54) is 0 Å². The fourth-order valence-corrected chi connectivity index (χ4v) is 3.91. The number of rotatable bonds is 6. The fraction of sp³-hybridized carbons (Fsp3) is 0.278. The lowest BCUT2D eigenvalue weighted by atomic mass is 10.0. The molecule has 3 nitrogen and oxygen atoms in total. The predicted molar refractivity (Wildman–Crippen MR) is 99.7 cm³/mol. The van der Waals surface area contributed by atoms with E-state index in [4.69, 9.17) is 4.74 Å². The van der Waals surface area contributed by atoms with Gasteiger partial charge in [0.25, 0.3) is 5.91 Å². The van der Waals surface area contributed by atoms with Gasteiger partial charge in [0.2, 0.25) is 0 Å². The molecule has 0 fully saturated rings. The summed E-state index contributed by atoms with van der Waals surface area (Å²) >= 11 is 6.89. The molecule has 2 aromatic carbocycles. The summed E-state index contributed by atoms with van der Waals surface area (Å²) in [5, 5.41) is 3.02. The minimum Gasteiger partial charge on any atom is -0.482 e. The van der Waals surface area contributed by atoms with Crippen molar-refractivity contribution in [3.8, 4) is 5.75 Å². The standard InChI is InChI=1S/C18H19Br2NO2/c1-3-16(13-7-5-4-6-8-13)21-17(22)11-23-18-12(2)9-14(19)10-15(18)20/h4-10,16H,3,11H2,1-2H3,(H,21,22). The van der Waals surface area contributed by atoms with E-state index in [1.54, 1.807) is 0 Å². The van der Waals surface area contributed by atoms with Gasteiger partial charge in [-0.15, -0.1) is 0 Å². The molecule has 1 atom stereocenters. The Morgan fingerprint density at radius 1 is 1.22 bits per heavy atom. The van der Waals surface area contributed by atoms with Crippen molar-refractivity contribution >= 4 is 37.8 Å². The summed E-state index contributed by atoms with van der Waals surface area (Å²) in [6.45, 7) is 3.99. The van der Waals surface area contributed by atoms with Crippen molar-refractivity contribution in [2.24, 2.45) is 0 Å². The Bertz CT molecular complexity index is 651. The molecule has 0 bridgehead atoms. The van der Waals surface area contributed by atoms with Crippen molar-refractivity contribution in [2.45, 2.75) is 26.3 Å². The first-order valence-electron chi connectivity index (χ1n) is 7.44. The number of hydrogen-bond acceptors (Lipinski definition) is 2. The van der Waals surface area contributed by atoms with Gasteiger partial charge in [-0.05, 0) is 52.5 Å². The van der Waals surface area contributed by atoms with E-state index in [0.717, 1.165) is 26.5 Å². The molecule has 122 valence electrons. The van der Waals surface area contributed by atoms with Crippen molar-refractivity contribution in [3.05, 3.63) is 62.5 Å². The molecule has 0 saturated carbocycles. The lowest BCUT2D eigenvalue weighted by Crippen LogP contribution is -2.32. The minimum atomic E-state index is -0.130. The maximum absolute atomic E-state index is 12.2. The Hall–Kier alpha value is -1.33. The first-order valence-corrected chi connectivity index (χ1v) is 9.02. The van der Waals surface area contributed by atoms with Crippen LogP contribution in [0.25, 0.3) is 0 Å². The van der Waals surface area contributed by atoms with Crippen molar-refractivity contribution in [3.63, 3.8) is 0 Å². The van der Waals surface area contributed by atoms with Crippen LogP contribution in [0.5, 0.6) is 5.75 Å². The van der Waals surface area contributed by atoms with E-state index in [0.29, 0.717) is 5.75 Å².